The standard InChI is InChI=1S/C21H22F3NO8/c1-25-20(30)10-2-4-11(5-3-10)31-12-6-7-14(33-21(22,23)24)13(8-12)19-18(29)17(28)16(27)15(9-26)32-19/h2-8,15-19,26-29H,9H2,1H3,(H,25,30)/t15-,16-,17+,18+,19-/m1/s1. The number of hydrogen-bond acceptors (Lipinski definition) is 8. The minimum Gasteiger partial charge on any atom is -0.457 e. The largest absolute Gasteiger partial charge is 0.573 e. The molecule has 0 spiro atoms. The Kier molecular flexibility index (Phi) is 7.44. The van der Waals surface area contributed by atoms with E-state index in [-0.39, 0.29) is 23.0 Å². The molecule has 5 atom stereocenters. The molecule has 0 unspecified atom stereocenters. The van der Waals surface area contributed by atoms with E-state index < -0.39 is 49.2 Å². The molecule has 12 heteroatoms. The second-order valence-electron chi connectivity index (χ2n) is 7.20. The van der Waals surface area contributed by atoms with Crippen LogP contribution in [-0.2, 0) is 4.74 Å². The van der Waals surface area contributed by atoms with Crippen molar-refractivity contribution in [3.63, 3.8) is 0 Å². The summed E-state index contributed by atoms with van der Waals surface area (Å²) in [7, 11) is 1.47. The summed E-state index contributed by atoms with van der Waals surface area (Å²) >= 11 is 0. The molecule has 9 nitrogen and oxygen atoms in total. The van der Waals surface area contributed by atoms with Crippen LogP contribution in [-0.4, -0.2) is 70.8 Å². The number of amides is 1. The van der Waals surface area contributed by atoms with E-state index in [1.807, 2.05) is 0 Å². The van der Waals surface area contributed by atoms with Crippen LogP contribution in [0.15, 0.2) is 42.5 Å². The molecule has 2 aromatic rings. The molecule has 5 N–H and O–H groups in total. The number of aliphatic hydroxyl groups excluding tert-OH is 4. The van der Waals surface area contributed by atoms with Crippen LogP contribution in [0.5, 0.6) is 17.2 Å². The predicted molar refractivity (Wildman–Crippen MR) is 106 cm³/mol. The fourth-order valence-electron chi connectivity index (χ4n) is 3.34. The van der Waals surface area contributed by atoms with Crippen LogP contribution in [0.25, 0.3) is 0 Å². The highest BCUT2D eigenvalue weighted by Gasteiger charge is 2.45. The first-order valence-electron chi connectivity index (χ1n) is 9.74. The molecule has 3 rings (SSSR count). The molecular formula is C21H22F3NO8. The molecule has 33 heavy (non-hydrogen) atoms. The van der Waals surface area contributed by atoms with Crippen molar-refractivity contribution in [1.29, 1.82) is 0 Å². The third-order valence-corrected chi connectivity index (χ3v) is 4.99. The van der Waals surface area contributed by atoms with E-state index in [0.29, 0.717) is 5.56 Å². The smallest absolute Gasteiger partial charge is 0.457 e. The van der Waals surface area contributed by atoms with Crippen molar-refractivity contribution < 1.29 is 52.6 Å². The van der Waals surface area contributed by atoms with Crippen LogP contribution in [0.2, 0.25) is 0 Å². The van der Waals surface area contributed by atoms with Gasteiger partial charge in [0.1, 0.15) is 47.8 Å². The Morgan fingerprint density at radius 1 is 1.03 bits per heavy atom. The molecular weight excluding hydrogens is 451 g/mol. The van der Waals surface area contributed by atoms with Crippen molar-refractivity contribution in [1.82, 2.24) is 5.32 Å². The van der Waals surface area contributed by atoms with E-state index in [9.17, 15) is 38.4 Å². The Balaban J connectivity index is 1.95. The summed E-state index contributed by atoms with van der Waals surface area (Å²) in [6.07, 6.45) is -13.3. The van der Waals surface area contributed by atoms with Crippen molar-refractivity contribution in [3.8, 4) is 17.2 Å². The van der Waals surface area contributed by atoms with Gasteiger partial charge in [0.2, 0.25) is 0 Å². The molecule has 1 heterocycles. The molecule has 1 saturated heterocycles. The van der Waals surface area contributed by atoms with Gasteiger partial charge in [0, 0.05) is 18.2 Å². The summed E-state index contributed by atoms with van der Waals surface area (Å²) in [4.78, 5) is 11.6. The second kappa shape index (κ2) is 9.93. The van der Waals surface area contributed by atoms with Gasteiger partial charge in [0.05, 0.1) is 6.61 Å². The van der Waals surface area contributed by atoms with E-state index in [1.165, 1.54) is 37.4 Å². The van der Waals surface area contributed by atoms with Gasteiger partial charge >= 0.3 is 6.36 Å². The monoisotopic (exact) mass is 473 g/mol. The lowest BCUT2D eigenvalue weighted by Crippen LogP contribution is -2.55. The number of ether oxygens (including phenoxy) is 3. The Labute approximate surface area is 185 Å². The maximum Gasteiger partial charge on any atom is 0.573 e. The highest BCUT2D eigenvalue weighted by molar-refractivity contribution is 5.94. The number of carbonyl (C=O) groups is 1. The molecule has 0 aliphatic carbocycles. The lowest BCUT2D eigenvalue weighted by Gasteiger charge is -2.40. The Bertz CT molecular complexity index is 967. The molecule has 1 aliphatic heterocycles. The molecule has 0 bridgehead atoms. The molecule has 180 valence electrons. The van der Waals surface area contributed by atoms with Gasteiger partial charge in [-0.15, -0.1) is 13.2 Å². The first-order chi connectivity index (χ1) is 15.5. The van der Waals surface area contributed by atoms with E-state index in [0.717, 1.165) is 12.1 Å². The fourth-order valence-corrected chi connectivity index (χ4v) is 3.34. The molecule has 0 aromatic heterocycles. The second-order valence-corrected chi connectivity index (χ2v) is 7.20. The van der Waals surface area contributed by atoms with Gasteiger partial charge in [-0.05, 0) is 42.5 Å². The Morgan fingerprint density at radius 2 is 1.67 bits per heavy atom. The molecule has 2 aromatic carbocycles. The van der Waals surface area contributed by atoms with E-state index >= 15 is 0 Å². The fraction of sp³-hybridized carbons (Fsp3) is 0.381. The zero-order valence-electron chi connectivity index (χ0n) is 17.2. The number of benzene rings is 2. The third-order valence-electron chi connectivity index (χ3n) is 4.99. The Morgan fingerprint density at radius 3 is 2.24 bits per heavy atom. The quantitative estimate of drug-likeness (QED) is 0.423. The van der Waals surface area contributed by atoms with Gasteiger partial charge in [0.25, 0.3) is 5.91 Å². The summed E-state index contributed by atoms with van der Waals surface area (Å²) in [5.41, 5.74) is 0.0319. The van der Waals surface area contributed by atoms with Crippen molar-refractivity contribution in [2.75, 3.05) is 13.7 Å². The molecule has 1 fully saturated rings. The number of alkyl halides is 3. The first kappa shape index (κ1) is 24.7. The number of carbonyl (C=O) groups excluding carboxylic acids is 1. The van der Waals surface area contributed by atoms with E-state index in [1.54, 1.807) is 0 Å². The van der Waals surface area contributed by atoms with Crippen molar-refractivity contribution in [3.05, 3.63) is 53.6 Å². The predicted octanol–water partition coefficient (Wildman–Crippen LogP) is 1.25. The summed E-state index contributed by atoms with van der Waals surface area (Å²) in [5.74, 6) is -0.759. The van der Waals surface area contributed by atoms with Gasteiger partial charge in [-0.1, -0.05) is 0 Å². The van der Waals surface area contributed by atoms with Gasteiger partial charge in [-0.25, -0.2) is 0 Å². The van der Waals surface area contributed by atoms with Crippen molar-refractivity contribution >= 4 is 5.91 Å². The van der Waals surface area contributed by atoms with Crippen molar-refractivity contribution in [2.45, 2.75) is 36.9 Å². The maximum atomic E-state index is 12.9. The number of aliphatic hydroxyl groups is 4. The Hall–Kier alpha value is -2.90. The average Bonchev–Trinajstić information content (AvgIpc) is 2.78. The lowest BCUT2D eigenvalue weighted by atomic mass is 9.90. The van der Waals surface area contributed by atoms with Crippen LogP contribution < -0.4 is 14.8 Å². The van der Waals surface area contributed by atoms with Crippen molar-refractivity contribution in [2.24, 2.45) is 0 Å². The molecule has 0 radical (unpaired) electrons. The van der Waals surface area contributed by atoms with Crippen LogP contribution in [0.3, 0.4) is 0 Å². The SMILES string of the molecule is CNC(=O)c1ccc(Oc2ccc(OC(F)(F)F)c([C@H]3O[C@H](CO)[C@@H](O)[C@H](O)[C@@H]3O)c2)cc1. The number of rotatable bonds is 6. The number of halogens is 3. The summed E-state index contributed by atoms with van der Waals surface area (Å²) in [6.45, 7) is -0.759. The highest BCUT2D eigenvalue weighted by atomic mass is 19.4. The topological polar surface area (TPSA) is 138 Å². The zero-order chi connectivity index (χ0) is 24.3. The van der Waals surface area contributed by atoms with Crippen LogP contribution >= 0.6 is 0 Å². The van der Waals surface area contributed by atoms with E-state index in [2.05, 4.69) is 10.1 Å². The van der Waals surface area contributed by atoms with Crippen LogP contribution in [0.1, 0.15) is 22.0 Å². The minimum atomic E-state index is -5.07. The molecule has 1 aliphatic rings. The summed E-state index contributed by atoms with van der Waals surface area (Å²) in [6, 6.07) is 9.14. The molecule has 1 amide bonds. The normalized spacial score (nSPS) is 25.4. The summed E-state index contributed by atoms with van der Waals surface area (Å²) < 4.78 is 53.8. The van der Waals surface area contributed by atoms with E-state index in [4.69, 9.17) is 9.47 Å². The van der Waals surface area contributed by atoms with Gasteiger partial charge in [0.15, 0.2) is 0 Å². The first-order valence-corrected chi connectivity index (χ1v) is 9.74. The number of hydrogen-bond donors (Lipinski definition) is 5. The van der Waals surface area contributed by atoms with Crippen LogP contribution in [0.4, 0.5) is 13.2 Å². The minimum absolute atomic E-state index is 0.0316. The zero-order valence-corrected chi connectivity index (χ0v) is 17.2. The van der Waals surface area contributed by atoms with Gasteiger partial charge in [-0.3, -0.25) is 4.79 Å². The lowest BCUT2D eigenvalue weighted by molar-refractivity contribution is -0.276. The maximum absolute atomic E-state index is 12.9. The van der Waals surface area contributed by atoms with Crippen LogP contribution in [0, 0.1) is 0 Å². The summed E-state index contributed by atoms with van der Waals surface area (Å²) in [5, 5.41) is 42.2. The third kappa shape index (κ3) is 5.72. The number of nitrogens with one attached hydrogen (secondary N) is 1. The van der Waals surface area contributed by atoms with Gasteiger partial charge in [-0.2, -0.15) is 0 Å². The molecule has 0 saturated carbocycles. The average molecular weight is 473 g/mol. The highest BCUT2D eigenvalue weighted by Crippen LogP contribution is 2.41. The van der Waals surface area contributed by atoms with Gasteiger partial charge < -0.3 is 40.0 Å².